The molecule has 0 heterocycles. The molecule has 0 nitrogen and oxygen atoms in total. The van der Waals surface area contributed by atoms with Gasteiger partial charge in [-0.05, 0) is 105 Å². The van der Waals surface area contributed by atoms with E-state index in [4.69, 9.17) is 0 Å². The summed E-state index contributed by atoms with van der Waals surface area (Å²) in [5.41, 5.74) is 4.20. The van der Waals surface area contributed by atoms with Crippen molar-refractivity contribution in [3.63, 3.8) is 0 Å². The first kappa shape index (κ1) is 39.8. The molecule has 60 heavy (non-hydrogen) atoms. The van der Waals surface area contributed by atoms with Gasteiger partial charge in [0.1, 0.15) is 0 Å². The Morgan fingerprint density at radius 2 is 0.450 bits per heavy atom. The zero-order valence-electron chi connectivity index (χ0n) is 36.9. The summed E-state index contributed by atoms with van der Waals surface area (Å²) in [6, 6.07) is 75.7. The molecular weight excluding hydrogens is 721 g/mol. The minimum absolute atomic E-state index is 0.0603. The molecule has 8 aromatic carbocycles. The predicted octanol–water partition coefficient (Wildman–Crippen LogP) is 15.0. The van der Waals surface area contributed by atoms with Crippen molar-refractivity contribution < 1.29 is 0 Å². The lowest BCUT2D eigenvalue weighted by molar-refractivity contribution is 0.591. The highest BCUT2D eigenvalue weighted by Crippen LogP contribution is 2.31. The third-order valence-corrected chi connectivity index (χ3v) is 11.3. The van der Waals surface area contributed by atoms with Crippen molar-refractivity contribution in [2.45, 2.75) is 105 Å². The topological polar surface area (TPSA) is 0 Å². The second-order valence-corrected chi connectivity index (χ2v) is 20.1. The van der Waals surface area contributed by atoms with E-state index in [1.807, 2.05) is 12.1 Å². The van der Waals surface area contributed by atoms with Crippen molar-refractivity contribution in [1.29, 1.82) is 0 Å². The third kappa shape index (κ3) is 7.91. The van der Waals surface area contributed by atoms with Crippen molar-refractivity contribution >= 4 is 75.4 Å². The highest BCUT2D eigenvalue weighted by Gasteiger charge is 2.18. The molecule has 0 saturated heterocycles. The first-order chi connectivity index (χ1) is 28.2. The van der Waals surface area contributed by atoms with Gasteiger partial charge in [-0.1, -0.05) is 180 Å². The Balaban J connectivity index is 1.68. The molecule has 0 radical (unpaired) electrons. The Morgan fingerprint density at radius 1 is 0.217 bits per heavy atom. The maximum absolute atomic E-state index is 3.63. The fourth-order valence-corrected chi connectivity index (χ4v) is 7.25. The molecule has 8 aromatic rings. The van der Waals surface area contributed by atoms with E-state index in [2.05, 4.69) is 229 Å². The molecule has 0 saturated carbocycles. The highest BCUT2D eigenvalue weighted by atomic mass is 14.2. The Bertz CT molecular complexity index is 2950. The summed E-state index contributed by atoms with van der Waals surface area (Å²) in [4.78, 5) is 0. The van der Waals surface area contributed by atoms with Gasteiger partial charge in [0, 0.05) is 53.9 Å². The van der Waals surface area contributed by atoms with Gasteiger partial charge in [0.25, 0.3) is 0 Å². The van der Waals surface area contributed by atoms with Gasteiger partial charge in [-0.15, -0.1) is 0 Å². The molecule has 0 unspecified atom stereocenters. The third-order valence-electron chi connectivity index (χ3n) is 11.3. The van der Waals surface area contributed by atoms with Crippen LogP contribution in [-0.2, 0) is 21.7 Å². The minimum Gasteiger partial charge on any atom is -0.0603 e. The van der Waals surface area contributed by atoms with E-state index >= 15 is 0 Å². The molecule has 0 aliphatic carbocycles. The van der Waals surface area contributed by atoms with Crippen LogP contribution >= 0.6 is 0 Å². The SMILES string of the molecule is CC(C)(C)c1ccc2c#cc3ccc4c#cc5ccc(C(C)(C)C)cc5c#cc5cc(C(C)(C)C)cc6c#cc7cc(C(C)(C)C)cc(c#cc2c1)c7c#cc3c4c#cc56. The lowest BCUT2D eigenvalue weighted by Gasteiger charge is -2.19. The fourth-order valence-electron chi connectivity index (χ4n) is 7.25. The molecule has 8 rings (SSSR count). The molecule has 0 heteroatoms. The van der Waals surface area contributed by atoms with Crippen LogP contribution < -0.4 is 0 Å². The lowest BCUT2D eigenvalue weighted by Crippen LogP contribution is -2.10. The normalized spacial score (nSPS) is 11.7. The fraction of sp³-hybridized carbons (Fsp3) is 0.267. The Morgan fingerprint density at radius 3 is 0.767 bits per heavy atom. The number of rotatable bonds is 0. The smallest absolute Gasteiger partial charge is 0.0575 e. The summed E-state index contributed by atoms with van der Waals surface area (Å²) in [7, 11) is 0. The van der Waals surface area contributed by atoms with Crippen molar-refractivity contribution in [1.82, 2.24) is 0 Å². The van der Waals surface area contributed by atoms with E-state index in [0.29, 0.717) is 0 Å². The summed E-state index contributed by atoms with van der Waals surface area (Å²) in [5, 5.41) is 11.4. The van der Waals surface area contributed by atoms with Crippen molar-refractivity contribution in [2.75, 3.05) is 0 Å². The largest absolute Gasteiger partial charge is 0.0603 e. The highest BCUT2D eigenvalue weighted by molar-refractivity contribution is 6.06. The van der Waals surface area contributed by atoms with Crippen LogP contribution in [0, 0.1) is 84.9 Å². The molecule has 288 valence electrons. The maximum Gasteiger partial charge on any atom is 0.0575 e. The van der Waals surface area contributed by atoms with Gasteiger partial charge in [-0.2, -0.15) is 0 Å². The summed E-state index contributed by atoms with van der Waals surface area (Å²) in [6.45, 7) is 26.7. The molecule has 0 spiro atoms. The standard InChI is InChI=1S/C60H48/c1-57(2,3)49-27-25-39-13-15-41-17-18-42-16-14-40-26-28-50(58(4,5)6)34-44(40)20-22-46-36-52(60(10,11)12)38-48-24-23-47-37-51(59(7,8)9)35-45(21-19-43(39)33-49)53(47)29-31-55(41)56(42)32-30-54(46)48/h17-18,25-28,33-38H,1-12H3. The van der Waals surface area contributed by atoms with Gasteiger partial charge in [0.2, 0.25) is 0 Å². The number of fused-ring (bicyclic) bond motifs is 2. The molecule has 4 bridgehead atoms. The second-order valence-electron chi connectivity index (χ2n) is 20.1. The molecule has 0 aromatic heterocycles. The van der Waals surface area contributed by atoms with Crippen molar-refractivity contribution in [3.05, 3.63) is 180 Å². The van der Waals surface area contributed by atoms with Crippen LogP contribution in [0.5, 0.6) is 0 Å². The van der Waals surface area contributed by atoms with E-state index in [1.165, 1.54) is 11.1 Å². The van der Waals surface area contributed by atoms with E-state index < -0.39 is 0 Å². The van der Waals surface area contributed by atoms with Crippen LogP contribution in [0.15, 0.2) is 72.8 Å². The van der Waals surface area contributed by atoms with Crippen LogP contribution in [0.25, 0.3) is 75.4 Å². The van der Waals surface area contributed by atoms with E-state index in [9.17, 15) is 0 Å². The van der Waals surface area contributed by atoms with Crippen LogP contribution in [0.4, 0.5) is 0 Å². The van der Waals surface area contributed by atoms with Crippen LogP contribution in [0.3, 0.4) is 0 Å². The molecule has 0 N–H and O–H groups in total. The molecule has 0 aliphatic heterocycles. The maximum atomic E-state index is 3.63. The lowest BCUT2D eigenvalue weighted by atomic mass is 9.85. The predicted molar refractivity (Wildman–Crippen MR) is 252 cm³/mol. The summed E-state index contributed by atoms with van der Waals surface area (Å²) in [6.07, 6.45) is 0. The summed E-state index contributed by atoms with van der Waals surface area (Å²) in [5.74, 6) is 0. The monoisotopic (exact) mass is 768 g/mol. The molecule has 0 amide bonds. The number of hydrogen-bond donors (Lipinski definition) is 0. The van der Waals surface area contributed by atoms with E-state index in [1.54, 1.807) is 0 Å². The van der Waals surface area contributed by atoms with Gasteiger partial charge in [-0.3, -0.25) is 0 Å². The molecular formula is C60H48. The van der Waals surface area contributed by atoms with Gasteiger partial charge in [-0.25, -0.2) is 0 Å². The first-order valence-corrected chi connectivity index (χ1v) is 20.7. The van der Waals surface area contributed by atoms with Gasteiger partial charge >= 0.3 is 0 Å². The molecule has 0 aliphatic rings. The molecule has 0 atom stereocenters. The van der Waals surface area contributed by atoms with Crippen LogP contribution in [0.2, 0.25) is 0 Å². The van der Waals surface area contributed by atoms with E-state index in [-0.39, 0.29) is 21.7 Å². The van der Waals surface area contributed by atoms with Crippen LogP contribution in [-0.4, -0.2) is 0 Å². The average Bonchev–Trinajstić information content (AvgIpc) is 3.16. The zero-order chi connectivity index (χ0) is 42.8. The zero-order valence-corrected chi connectivity index (χ0v) is 36.9. The first-order valence-electron chi connectivity index (χ1n) is 20.7. The van der Waals surface area contributed by atoms with Crippen molar-refractivity contribution in [3.8, 4) is 0 Å². The Kier molecular flexibility index (Phi) is 9.55. The van der Waals surface area contributed by atoms with E-state index in [0.717, 1.165) is 86.5 Å². The van der Waals surface area contributed by atoms with Crippen molar-refractivity contribution in [2.24, 2.45) is 0 Å². The Labute approximate surface area is 358 Å². The van der Waals surface area contributed by atoms with Gasteiger partial charge in [0.05, 0.1) is 21.5 Å². The molecule has 0 fully saturated rings. The summed E-state index contributed by atoms with van der Waals surface area (Å²) < 4.78 is 0. The second kappa shape index (κ2) is 14.4. The average molecular weight is 769 g/mol. The quantitative estimate of drug-likeness (QED) is 0.144. The Hall–Kier alpha value is -6.98. The number of hydrogen-bond acceptors (Lipinski definition) is 0. The minimum atomic E-state index is -0.172. The number of benzene rings is 5. The van der Waals surface area contributed by atoms with Crippen LogP contribution in [0.1, 0.15) is 105 Å². The summed E-state index contributed by atoms with van der Waals surface area (Å²) >= 11 is 0. The van der Waals surface area contributed by atoms with Gasteiger partial charge < -0.3 is 0 Å². The van der Waals surface area contributed by atoms with Gasteiger partial charge in [0.15, 0.2) is 0 Å².